The van der Waals surface area contributed by atoms with E-state index >= 15 is 0 Å². The molecule has 4 rings (SSSR count). The van der Waals surface area contributed by atoms with Crippen molar-refractivity contribution in [1.29, 1.82) is 0 Å². The maximum Gasteiger partial charge on any atom is 0.217 e. The van der Waals surface area contributed by atoms with Crippen molar-refractivity contribution in [2.45, 2.75) is 70.4 Å². The molecule has 2 saturated carbocycles. The summed E-state index contributed by atoms with van der Waals surface area (Å²) in [7, 11) is 0. The molecule has 0 radical (unpaired) electrons. The number of carbonyl (C=O) groups is 1. The SMILES string of the molecule is CC(=O)NC(C)CO[C@H]1CC[C@H](c2cc3ccc(OCC4CC4)cc3o2)CC1. The Morgan fingerprint density at radius 1 is 1.18 bits per heavy atom. The van der Waals surface area contributed by atoms with E-state index in [1.807, 2.05) is 19.1 Å². The van der Waals surface area contributed by atoms with E-state index in [-0.39, 0.29) is 18.1 Å². The lowest BCUT2D eigenvalue weighted by atomic mass is 9.85. The highest BCUT2D eigenvalue weighted by Crippen LogP contribution is 2.37. The van der Waals surface area contributed by atoms with E-state index in [2.05, 4.69) is 17.4 Å². The summed E-state index contributed by atoms with van der Waals surface area (Å²) in [4.78, 5) is 11.1. The number of amides is 1. The Morgan fingerprint density at radius 2 is 1.96 bits per heavy atom. The van der Waals surface area contributed by atoms with Gasteiger partial charge in [-0.25, -0.2) is 0 Å². The van der Waals surface area contributed by atoms with Gasteiger partial charge in [0, 0.05) is 30.3 Å². The number of hydrogen-bond acceptors (Lipinski definition) is 4. The van der Waals surface area contributed by atoms with Crippen LogP contribution in [0.15, 0.2) is 28.7 Å². The molecule has 5 nitrogen and oxygen atoms in total. The smallest absolute Gasteiger partial charge is 0.217 e. The quantitative estimate of drug-likeness (QED) is 0.710. The zero-order valence-electron chi connectivity index (χ0n) is 16.9. The minimum atomic E-state index is -0.00853. The van der Waals surface area contributed by atoms with Crippen LogP contribution in [-0.2, 0) is 9.53 Å². The minimum absolute atomic E-state index is 0.00853. The molecule has 28 heavy (non-hydrogen) atoms. The number of hydrogen-bond donors (Lipinski definition) is 1. The Morgan fingerprint density at radius 3 is 2.68 bits per heavy atom. The summed E-state index contributed by atoms with van der Waals surface area (Å²) in [5.41, 5.74) is 0.922. The second-order valence-corrected chi connectivity index (χ2v) is 8.51. The van der Waals surface area contributed by atoms with Crippen molar-refractivity contribution >= 4 is 16.9 Å². The number of ether oxygens (including phenoxy) is 2. The molecule has 1 atom stereocenters. The van der Waals surface area contributed by atoms with Crippen molar-refractivity contribution in [2.24, 2.45) is 5.92 Å². The maximum absolute atomic E-state index is 11.1. The molecule has 2 aromatic rings. The highest BCUT2D eigenvalue weighted by atomic mass is 16.5. The lowest BCUT2D eigenvalue weighted by Gasteiger charge is -2.28. The van der Waals surface area contributed by atoms with Crippen LogP contribution in [0.4, 0.5) is 0 Å². The average molecular weight is 386 g/mol. The Hall–Kier alpha value is -2.01. The molecule has 2 aliphatic carbocycles. The summed E-state index contributed by atoms with van der Waals surface area (Å²) in [5, 5.41) is 4.02. The van der Waals surface area contributed by atoms with Crippen molar-refractivity contribution < 1.29 is 18.7 Å². The number of nitrogens with one attached hydrogen (secondary N) is 1. The van der Waals surface area contributed by atoms with Gasteiger partial charge >= 0.3 is 0 Å². The Balaban J connectivity index is 1.29. The Kier molecular flexibility index (Phi) is 5.90. The fourth-order valence-corrected chi connectivity index (χ4v) is 4.00. The van der Waals surface area contributed by atoms with E-state index < -0.39 is 0 Å². The Bertz CT molecular complexity index is 802. The zero-order valence-corrected chi connectivity index (χ0v) is 16.9. The van der Waals surface area contributed by atoms with Crippen LogP contribution in [0.1, 0.15) is 64.1 Å². The maximum atomic E-state index is 11.1. The number of fused-ring (bicyclic) bond motifs is 1. The summed E-state index contributed by atoms with van der Waals surface area (Å²) in [6.45, 7) is 4.91. The molecule has 1 N–H and O–H groups in total. The molecular formula is C23H31NO4. The van der Waals surface area contributed by atoms with Gasteiger partial charge in [-0.15, -0.1) is 0 Å². The van der Waals surface area contributed by atoms with Crippen molar-refractivity contribution in [2.75, 3.05) is 13.2 Å². The fraction of sp³-hybridized carbons (Fsp3) is 0.609. The van der Waals surface area contributed by atoms with Crippen LogP contribution in [-0.4, -0.2) is 31.3 Å². The largest absolute Gasteiger partial charge is 0.493 e. The third-order valence-corrected chi connectivity index (χ3v) is 5.80. The Labute approximate surface area is 166 Å². The van der Waals surface area contributed by atoms with Gasteiger partial charge in [-0.05, 0) is 69.6 Å². The standard InChI is InChI=1S/C23H31NO4/c1-15(24-16(2)25)13-26-20-8-5-18(6-9-20)22-11-19-7-10-21(12-23(19)28-22)27-14-17-3-4-17/h7,10-12,15,17-18,20H,3-6,8-9,13-14H2,1-2H3,(H,24,25)/t15?,18-,20-. The lowest BCUT2D eigenvalue weighted by molar-refractivity contribution is -0.120. The molecule has 5 heteroatoms. The van der Waals surface area contributed by atoms with Crippen LogP contribution >= 0.6 is 0 Å². The summed E-state index contributed by atoms with van der Waals surface area (Å²) < 4.78 is 18.0. The molecule has 0 saturated heterocycles. The van der Waals surface area contributed by atoms with Gasteiger partial charge < -0.3 is 19.2 Å². The molecule has 1 heterocycles. The van der Waals surface area contributed by atoms with Crippen molar-refractivity contribution in [3.05, 3.63) is 30.0 Å². The molecule has 1 amide bonds. The van der Waals surface area contributed by atoms with Crippen molar-refractivity contribution in [1.82, 2.24) is 5.32 Å². The van der Waals surface area contributed by atoms with Gasteiger partial charge in [0.1, 0.15) is 17.1 Å². The molecule has 0 spiro atoms. The molecule has 0 aliphatic heterocycles. The van der Waals surface area contributed by atoms with Gasteiger partial charge in [0.05, 0.1) is 19.3 Å². The van der Waals surface area contributed by atoms with Gasteiger partial charge in [0.2, 0.25) is 5.91 Å². The second kappa shape index (κ2) is 8.56. The van der Waals surface area contributed by atoms with Gasteiger partial charge in [0.25, 0.3) is 0 Å². The predicted octanol–water partition coefficient (Wildman–Crippen LogP) is 4.79. The van der Waals surface area contributed by atoms with Crippen LogP contribution in [0.2, 0.25) is 0 Å². The van der Waals surface area contributed by atoms with E-state index in [4.69, 9.17) is 13.9 Å². The van der Waals surface area contributed by atoms with Gasteiger partial charge in [-0.1, -0.05) is 0 Å². The third-order valence-electron chi connectivity index (χ3n) is 5.80. The zero-order chi connectivity index (χ0) is 19.5. The van der Waals surface area contributed by atoms with Crippen LogP contribution in [0.5, 0.6) is 5.75 Å². The van der Waals surface area contributed by atoms with Crippen LogP contribution in [0.25, 0.3) is 11.0 Å². The fourth-order valence-electron chi connectivity index (χ4n) is 4.00. The van der Waals surface area contributed by atoms with E-state index in [9.17, 15) is 4.79 Å². The number of carbonyl (C=O) groups excluding carboxylic acids is 1. The van der Waals surface area contributed by atoms with Gasteiger partial charge in [-0.2, -0.15) is 0 Å². The van der Waals surface area contributed by atoms with Crippen molar-refractivity contribution in [3.63, 3.8) is 0 Å². The van der Waals surface area contributed by atoms with E-state index in [0.717, 1.165) is 60.7 Å². The highest BCUT2D eigenvalue weighted by Gasteiger charge is 2.26. The van der Waals surface area contributed by atoms with Gasteiger partial charge in [-0.3, -0.25) is 4.79 Å². The molecule has 2 fully saturated rings. The summed E-state index contributed by atoms with van der Waals surface area (Å²) in [6.07, 6.45) is 7.08. The summed E-state index contributed by atoms with van der Waals surface area (Å²) in [5.74, 6) is 3.19. The van der Waals surface area contributed by atoms with Crippen molar-refractivity contribution in [3.8, 4) is 5.75 Å². The van der Waals surface area contributed by atoms with E-state index in [1.54, 1.807) is 0 Å². The van der Waals surface area contributed by atoms with Crippen LogP contribution in [0.3, 0.4) is 0 Å². The number of furan rings is 1. The highest BCUT2D eigenvalue weighted by molar-refractivity contribution is 5.79. The minimum Gasteiger partial charge on any atom is -0.493 e. The normalized spacial score (nSPS) is 23.5. The van der Waals surface area contributed by atoms with Crippen LogP contribution < -0.4 is 10.1 Å². The molecular weight excluding hydrogens is 354 g/mol. The monoisotopic (exact) mass is 385 g/mol. The molecule has 1 unspecified atom stereocenters. The summed E-state index contributed by atoms with van der Waals surface area (Å²) in [6, 6.07) is 8.42. The average Bonchev–Trinajstić information content (AvgIpc) is 3.41. The first-order valence-corrected chi connectivity index (χ1v) is 10.6. The predicted molar refractivity (Wildman–Crippen MR) is 109 cm³/mol. The number of rotatable bonds is 8. The van der Waals surface area contributed by atoms with E-state index in [1.165, 1.54) is 19.8 Å². The number of benzene rings is 1. The first-order chi connectivity index (χ1) is 13.6. The first kappa shape index (κ1) is 19.3. The molecule has 2 aliphatic rings. The second-order valence-electron chi connectivity index (χ2n) is 8.51. The lowest BCUT2D eigenvalue weighted by Crippen LogP contribution is -2.36. The molecule has 1 aromatic heterocycles. The molecule has 0 bridgehead atoms. The topological polar surface area (TPSA) is 60.7 Å². The molecule has 152 valence electrons. The first-order valence-electron chi connectivity index (χ1n) is 10.6. The van der Waals surface area contributed by atoms with E-state index in [0.29, 0.717) is 12.5 Å². The van der Waals surface area contributed by atoms with Gasteiger partial charge in [0.15, 0.2) is 0 Å². The molecule has 1 aromatic carbocycles. The summed E-state index contributed by atoms with van der Waals surface area (Å²) >= 11 is 0. The van der Waals surface area contributed by atoms with Crippen LogP contribution in [0, 0.1) is 5.92 Å². The third kappa shape index (κ3) is 5.07.